The molecule has 1 aromatic carbocycles. The Kier molecular flexibility index (Phi) is 3.86. The molecule has 0 aliphatic heterocycles. The molecule has 2 nitrogen and oxygen atoms in total. The molecule has 2 rings (SSSR count). The number of carbonyl (C=O) groups excluding carboxylic acids is 1. The molecular weight excluding hydrogens is 324 g/mol. The molecule has 0 unspecified atom stereocenters. The van der Waals surface area contributed by atoms with Gasteiger partial charge in [-0.2, -0.15) is 0 Å². The molecule has 5 heteroatoms. The van der Waals surface area contributed by atoms with Crippen LogP contribution >= 0.6 is 38.9 Å². The van der Waals surface area contributed by atoms with E-state index < -0.39 is 0 Å². The highest BCUT2D eigenvalue weighted by atomic mass is 79.9. The standard InChI is InChI=1S/C12H8BrClO2S/c1-16-10-4-7(2-3-9(10)14)12(15)8-5-11(13)17-6-8/h2-6H,1H3. The lowest BCUT2D eigenvalue weighted by molar-refractivity contribution is 0.103. The molecule has 0 aliphatic rings. The zero-order valence-electron chi connectivity index (χ0n) is 8.87. The summed E-state index contributed by atoms with van der Waals surface area (Å²) in [5.41, 5.74) is 1.22. The van der Waals surface area contributed by atoms with E-state index in [0.717, 1.165) is 3.79 Å². The van der Waals surface area contributed by atoms with Crippen molar-refractivity contribution in [2.24, 2.45) is 0 Å². The molecule has 17 heavy (non-hydrogen) atoms. The maximum atomic E-state index is 12.1. The first-order valence-electron chi connectivity index (χ1n) is 4.74. The summed E-state index contributed by atoms with van der Waals surface area (Å²) in [4.78, 5) is 12.1. The highest BCUT2D eigenvalue weighted by Crippen LogP contribution is 2.28. The second kappa shape index (κ2) is 5.21. The molecular formula is C12H8BrClO2S. The van der Waals surface area contributed by atoms with E-state index in [-0.39, 0.29) is 5.78 Å². The predicted molar refractivity (Wildman–Crippen MR) is 73.5 cm³/mol. The maximum Gasteiger partial charge on any atom is 0.194 e. The Hall–Kier alpha value is -0.840. The van der Waals surface area contributed by atoms with Crippen molar-refractivity contribution >= 4 is 44.7 Å². The van der Waals surface area contributed by atoms with E-state index in [4.69, 9.17) is 16.3 Å². The van der Waals surface area contributed by atoms with Crippen LogP contribution in [0.15, 0.2) is 33.4 Å². The van der Waals surface area contributed by atoms with Crippen molar-refractivity contribution in [3.05, 3.63) is 49.6 Å². The molecule has 2 aromatic rings. The number of hydrogen-bond acceptors (Lipinski definition) is 3. The summed E-state index contributed by atoms with van der Waals surface area (Å²) in [5, 5.41) is 2.31. The number of methoxy groups -OCH3 is 1. The number of thiophene rings is 1. The predicted octanol–water partition coefficient (Wildman–Crippen LogP) is 4.40. The van der Waals surface area contributed by atoms with Crippen LogP contribution in [0, 0.1) is 0 Å². The van der Waals surface area contributed by atoms with Crippen LogP contribution in [0.2, 0.25) is 5.02 Å². The van der Waals surface area contributed by atoms with Crippen LogP contribution in [0.25, 0.3) is 0 Å². The van der Waals surface area contributed by atoms with Gasteiger partial charge in [0.1, 0.15) is 5.75 Å². The summed E-state index contributed by atoms with van der Waals surface area (Å²) < 4.78 is 6.02. The number of rotatable bonds is 3. The summed E-state index contributed by atoms with van der Waals surface area (Å²) in [5.74, 6) is 0.466. The third-order valence-corrected chi connectivity index (χ3v) is 4.06. The van der Waals surface area contributed by atoms with Crippen LogP contribution in [-0.2, 0) is 0 Å². The van der Waals surface area contributed by atoms with Gasteiger partial charge >= 0.3 is 0 Å². The number of ketones is 1. The fraction of sp³-hybridized carbons (Fsp3) is 0.0833. The molecule has 0 amide bonds. The minimum Gasteiger partial charge on any atom is -0.495 e. The molecule has 0 N–H and O–H groups in total. The van der Waals surface area contributed by atoms with E-state index in [9.17, 15) is 4.79 Å². The number of carbonyl (C=O) groups is 1. The number of benzene rings is 1. The molecule has 0 saturated carbocycles. The quantitative estimate of drug-likeness (QED) is 0.779. The van der Waals surface area contributed by atoms with Gasteiger partial charge in [0, 0.05) is 16.5 Å². The normalized spacial score (nSPS) is 10.3. The summed E-state index contributed by atoms with van der Waals surface area (Å²) in [7, 11) is 1.52. The van der Waals surface area contributed by atoms with Crippen molar-refractivity contribution in [3.8, 4) is 5.75 Å². The summed E-state index contributed by atoms with van der Waals surface area (Å²) >= 11 is 10.7. The van der Waals surface area contributed by atoms with Crippen molar-refractivity contribution in [1.82, 2.24) is 0 Å². The minimum absolute atomic E-state index is 0.0399. The lowest BCUT2D eigenvalue weighted by Gasteiger charge is -2.05. The molecule has 0 spiro atoms. The van der Waals surface area contributed by atoms with Crippen LogP contribution in [0.3, 0.4) is 0 Å². The summed E-state index contributed by atoms with van der Waals surface area (Å²) in [6.45, 7) is 0. The molecule has 1 heterocycles. The van der Waals surface area contributed by atoms with Crippen molar-refractivity contribution in [1.29, 1.82) is 0 Å². The first-order valence-corrected chi connectivity index (χ1v) is 6.79. The smallest absolute Gasteiger partial charge is 0.194 e. The van der Waals surface area contributed by atoms with Crippen molar-refractivity contribution < 1.29 is 9.53 Å². The molecule has 88 valence electrons. The number of halogens is 2. The van der Waals surface area contributed by atoms with Crippen molar-refractivity contribution in [2.45, 2.75) is 0 Å². The van der Waals surface area contributed by atoms with Crippen molar-refractivity contribution in [3.63, 3.8) is 0 Å². The second-order valence-electron chi connectivity index (χ2n) is 3.32. The monoisotopic (exact) mass is 330 g/mol. The van der Waals surface area contributed by atoms with Crippen LogP contribution in [0.5, 0.6) is 5.75 Å². The Bertz CT molecular complexity index is 565. The fourth-order valence-electron chi connectivity index (χ4n) is 1.40. The van der Waals surface area contributed by atoms with Gasteiger partial charge in [0.15, 0.2) is 5.78 Å². The first kappa shape index (κ1) is 12.6. The Balaban J connectivity index is 2.37. The highest BCUT2D eigenvalue weighted by Gasteiger charge is 2.13. The lowest BCUT2D eigenvalue weighted by atomic mass is 10.1. The van der Waals surface area contributed by atoms with E-state index >= 15 is 0 Å². The Morgan fingerprint density at radius 3 is 2.71 bits per heavy atom. The minimum atomic E-state index is -0.0399. The second-order valence-corrected chi connectivity index (χ2v) is 6.02. The van der Waals surface area contributed by atoms with Crippen LogP contribution in [0.1, 0.15) is 15.9 Å². The number of hydrogen-bond donors (Lipinski definition) is 0. The molecule has 0 atom stereocenters. The Labute approximate surface area is 116 Å². The zero-order valence-corrected chi connectivity index (χ0v) is 12.0. The molecule has 0 aliphatic carbocycles. The van der Waals surface area contributed by atoms with Gasteiger partial charge < -0.3 is 4.74 Å². The molecule has 0 fully saturated rings. The number of ether oxygens (including phenoxy) is 1. The zero-order chi connectivity index (χ0) is 12.4. The van der Waals surface area contributed by atoms with Gasteiger partial charge in [0.05, 0.1) is 15.9 Å². The topological polar surface area (TPSA) is 26.3 Å². The van der Waals surface area contributed by atoms with Gasteiger partial charge in [-0.15, -0.1) is 11.3 Å². The largest absolute Gasteiger partial charge is 0.495 e. The van der Waals surface area contributed by atoms with Gasteiger partial charge in [-0.1, -0.05) is 11.6 Å². The van der Waals surface area contributed by atoms with Gasteiger partial charge in [0.25, 0.3) is 0 Å². The highest BCUT2D eigenvalue weighted by molar-refractivity contribution is 9.11. The molecule has 1 aromatic heterocycles. The van der Waals surface area contributed by atoms with Gasteiger partial charge in [-0.25, -0.2) is 0 Å². The third-order valence-electron chi connectivity index (χ3n) is 2.24. The van der Waals surface area contributed by atoms with Crippen LogP contribution in [0.4, 0.5) is 0 Å². The van der Waals surface area contributed by atoms with Crippen molar-refractivity contribution in [2.75, 3.05) is 7.11 Å². The van der Waals surface area contributed by atoms with Crippen LogP contribution in [-0.4, -0.2) is 12.9 Å². The maximum absolute atomic E-state index is 12.1. The first-order chi connectivity index (χ1) is 8.11. The van der Waals surface area contributed by atoms with Crippen LogP contribution < -0.4 is 4.74 Å². The molecule has 0 saturated heterocycles. The third kappa shape index (κ3) is 2.70. The van der Waals surface area contributed by atoms with E-state index in [2.05, 4.69) is 15.9 Å². The lowest BCUT2D eigenvalue weighted by Crippen LogP contribution is -2.00. The summed E-state index contributed by atoms with van der Waals surface area (Å²) in [6, 6.07) is 6.80. The summed E-state index contributed by atoms with van der Waals surface area (Å²) in [6.07, 6.45) is 0. The van der Waals surface area contributed by atoms with Gasteiger partial charge in [-0.05, 0) is 40.2 Å². The van der Waals surface area contributed by atoms with Gasteiger partial charge in [-0.3, -0.25) is 4.79 Å². The molecule has 0 bridgehead atoms. The average Bonchev–Trinajstić information content (AvgIpc) is 2.75. The van der Waals surface area contributed by atoms with E-state index in [0.29, 0.717) is 21.9 Å². The van der Waals surface area contributed by atoms with E-state index in [1.165, 1.54) is 18.4 Å². The molecule has 0 radical (unpaired) electrons. The average molecular weight is 332 g/mol. The van der Waals surface area contributed by atoms with E-state index in [1.807, 2.05) is 5.38 Å². The van der Waals surface area contributed by atoms with Gasteiger partial charge in [0.2, 0.25) is 0 Å². The fourth-order valence-corrected chi connectivity index (χ4v) is 2.73. The Morgan fingerprint density at radius 2 is 2.12 bits per heavy atom. The van der Waals surface area contributed by atoms with E-state index in [1.54, 1.807) is 24.3 Å². The SMILES string of the molecule is COc1cc(C(=O)c2csc(Br)c2)ccc1Cl. The Morgan fingerprint density at radius 1 is 1.35 bits per heavy atom.